The highest BCUT2D eigenvalue weighted by molar-refractivity contribution is 8.26. The van der Waals surface area contributed by atoms with E-state index in [0.29, 0.717) is 38.9 Å². The monoisotopic (exact) mass is 495 g/mol. The molecule has 4 nitrogen and oxygen atoms in total. The Balaban J connectivity index is 1.53. The number of thiocarbonyl (C=S) groups is 1. The van der Waals surface area contributed by atoms with Crippen molar-refractivity contribution < 1.29 is 14.3 Å². The molecule has 1 amide bonds. The molecule has 0 aromatic heterocycles. The Morgan fingerprint density at radius 2 is 1.82 bits per heavy atom. The highest BCUT2D eigenvalue weighted by atomic mass is 35.5. The van der Waals surface area contributed by atoms with E-state index in [1.807, 2.05) is 55.5 Å². The number of benzene rings is 3. The number of hydrogen-bond acceptors (Lipinski definition) is 5. The van der Waals surface area contributed by atoms with Gasteiger partial charge in [-0.25, -0.2) is 0 Å². The summed E-state index contributed by atoms with van der Waals surface area (Å²) in [6, 6.07) is 21.4. The SMILES string of the molecule is COc1cc(/C=C2/SC(=S)N(Cc3ccccc3)C2=O)cc(Cl)c1OCc1cccc(C)c1. The van der Waals surface area contributed by atoms with Crippen LogP contribution in [0.4, 0.5) is 0 Å². The number of ether oxygens (including phenoxy) is 2. The zero-order valence-electron chi connectivity index (χ0n) is 18.2. The largest absolute Gasteiger partial charge is 0.493 e. The lowest BCUT2D eigenvalue weighted by atomic mass is 10.1. The van der Waals surface area contributed by atoms with Crippen LogP contribution in [-0.2, 0) is 17.9 Å². The molecule has 0 unspecified atom stereocenters. The molecule has 1 fully saturated rings. The number of amides is 1. The number of carbonyl (C=O) groups excluding carboxylic acids is 1. The highest BCUT2D eigenvalue weighted by Crippen LogP contribution is 2.39. The molecule has 33 heavy (non-hydrogen) atoms. The summed E-state index contributed by atoms with van der Waals surface area (Å²) in [6.07, 6.45) is 1.78. The van der Waals surface area contributed by atoms with Gasteiger partial charge in [0, 0.05) is 0 Å². The van der Waals surface area contributed by atoms with E-state index in [4.69, 9.17) is 33.3 Å². The van der Waals surface area contributed by atoms with Crippen molar-refractivity contribution >= 4 is 51.9 Å². The van der Waals surface area contributed by atoms with E-state index in [2.05, 4.69) is 6.07 Å². The molecule has 0 saturated carbocycles. The highest BCUT2D eigenvalue weighted by Gasteiger charge is 2.32. The maximum Gasteiger partial charge on any atom is 0.266 e. The van der Waals surface area contributed by atoms with Crippen molar-refractivity contribution in [1.29, 1.82) is 0 Å². The van der Waals surface area contributed by atoms with E-state index in [-0.39, 0.29) is 5.91 Å². The van der Waals surface area contributed by atoms with Crippen LogP contribution in [0, 0.1) is 6.92 Å². The molecule has 1 saturated heterocycles. The van der Waals surface area contributed by atoms with E-state index in [0.717, 1.165) is 22.3 Å². The lowest BCUT2D eigenvalue weighted by molar-refractivity contribution is -0.122. The van der Waals surface area contributed by atoms with Crippen LogP contribution in [0.2, 0.25) is 5.02 Å². The summed E-state index contributed by atoms with van der Waals surface area (Å²) in [5.74, 6) is 0.847. The summed E-state index contributed by atoms with van der Waals surface area (Å²) in [7, 11) is 1.56. The minimum Gasteiger partial charge on any atom is -0.493 e. The molecule has 7 heteroatoms. The summed E-state index contributed by atoms with van der Waals surface area (Å²) in [6.45, 7) is 2.85. The first-order chi connectivity index (χ1) is 15.9. The Morgan fingerprint density at radius 3 is 2.55 bits per heavy atom. The predicted molar refractivity (Wildman–Crippen MR) is 139 cm³/mol. The summed E-state index contributed by atoms with van der Waals surface area (Å²) >= 11 is 13.3. The molecular weight excluding hydrogens is 474 g/mol. The van der Waals surface area contributed by atoms with E-state index in [1.54, 1.807) is 30.2 Å². The van der Waals surface area contributed by atoms with E-state index in [9.17, 15) is 4.79 Å². The molecule has 0 aliphatic carbocycles. The molecule has 1 aliphatic rings. The predicted octanol–water partition coefficient (Wildman–Crippen LogP) is 6.64. The number of thioether (sulfide) groups is 1. The standard InChI is InChI=1S/C26H22ClNO3S2/c1-17-7-6-10-19(11-17)16-31-24-21(27)12-20(13-22(24)30-2)14-23-25(29)28(26(32)33-23)15-18-8-4-3-5-9-18/h3-14H,15-16H2,1-2H3/b23-14+. The van der Waals surface area contributed by atoms with E-state index in [1.165, 1.54) is 11.8 Å². The van der Waals surface area contributed by atoms with Gasteiger partial charge in [0.2, 0.25) is 0 Å². The summed E-state index contributed by atoms with van der Waals surface area (Å²) in [5, 5.41) is 0.410. The molecule has 0 spiro atoms. The fourth-order valence-electron chi connectivity index (χ4n) is 3.47. The minimum absolute atomic E-state index is 0.122. The van der Waals surface area contributed by atoms with Crippen molar-refractivity contribution in [1.82, 2.24) is 4.90 Å². The van der Waals surface area contributed by atoms with Crippen LogP contribution in [0.5, 0.6) is 11.5 Å². The third kappa shape index (κ3) is 5.58. The molecule has 4 rings (SSSR count). The molecule has 3 aromatic carbocycles. The van der Waals surface area contributed by atoms with Gasteiger partial charge in [-0.1, -0.05) is 95.7 Å². The molecule has 3 aromatic rings. The molecule has 1 aliphatic heterocycles. The van der Waals surface area contributed by atoms with Crippen LogP contribution in [-0.4, -0.2) is 22.2 Å². The first kappa shape index (κ1) is 23.4. The number of methoxy groups -OCH3 is 1. The molecule has 168 valence electrons. The molecule has 0 atom stereocenters. The van der Waals surface area contributed by atoms with Crippen molar-refractivity contribution in [3.8, 4) is 11.5 Å². The first-order valence-corrected chi connectivity index (χ1v) is 11.9. The number of rotatable bonds is 7. The Kier molecular flexibility index (Phi) is 7.38. The van der Waals surface area contributed by atoms with Crippen molar-refractivity contribution in [3.05, 3.63) is 98.9 Å². The Morgan fingerprint density at radius 1 is 1.06 bits per heavy atom. The van der Waals surface area contributed by atoms with Gasteiger partial charge in [0.25, 0.3) is 5.91 Å². The van der Waals surface area contributed by atoms with Crippen molar-refractivity contribution in [3.63, 3.8) is 0 Å². The second-order valence-corrected chi connectivity index (χ2v) is 9.65. The van der Waals surface area contributed by atoms with Crippen LogP contribution < -0.4 is 9.47 Å². The normalized spacial score (nSPS) is 14.8. The number of nitrogens with zero attached hydrogens (tertiary/aromatic N) is 1. The van der Waals surface area contributed by atoms with Gasteiger partial charge in [-0.05, 0) is 41.8 Å². The van der Waals surface area contributed by atoms with Gasteiger partial charge >= 0.3 is 0 Å². The second-order valence-electron chi connectivity index (χ2n) is 7.57. The van der Waals surface area contributed by atoms with Gasteiger partial charge in [0.05, 0.1) is 23.6 Å². The Hall–Kier alpha value is -2.80. The number of aryl methyl sites for hydroxylation is 1. The van der Waals surface area contributed by atoms with Gasteiger partial charge in [0.15, 0.2) is 11.5 Å². The number of halogens is 1. The third-order valence-corrected chi connectivity index (χ3v) is 6.73. The van der Waals surface area contributed by atoms with Crippen molar-refractivity contribution in [2.24, 2.45) is 0 Å². The lowest BCUT2D eigenvalue weighted by Gasteiger charge is -2.14. The quantitative estimate of drug-likeness (QED) is 0.271. The average Bonchev–Trinajstić information content (AvgIpc) is 3.06. The Bertz CT molecular complexity index is 1230. The van der Waals surface area contributed by atoms with Gasteiger partial charge in [-0.3, -0.25) is 9.69 Å². The zero-order valence-corrected chi connectivity index (χ0v) is 20.6. The average molecular weight is 496 g/mol. The second kappa shape index (κ2) is 10.4. The summed E-state index contributed by atoms with van der Waals surface area (Å²) in [4.78, 5) is 15.1. The Labute approximate surface area is 208 Å². The fourth-order valence-corrected chi connectivity index (χ4v) is 5.00. The minimum atomic E-state index is -0.122. The lowest BCUT2D eigenvalue weighted by Crippen LogP contribution is -2.27. The van der Waals surface area contributed by atoms with E-state index >= 15 is 0 Å². The van der Waals surface area contributed by atoms with Crippen LogP contribution in [0.3, 0.4) is 0 Å². The topological polar surface area (TPSA) is 38.8 Å². The van der Waals surface area contributed by atoms with Crippen LogP contribution in [0.1, 0.15) is 22.3 Å². The van der Waals surface area contributed by atoms with Gasteiger partial charge in [-0.2, -0.15) is 0 Å². The third-order valence-electron chi connectivity index (χ3n) is 5.07. The molecule has 0 N–H and O–H groups in total. The smallest absolute Gasteiger partial charge is 0.266 e. The molecule has 0 bridgehead atoms. The molecular formula is C26H22ClNO3S2. The number of hydrogen-bond donors (Lipinski definition) is 0. The zero-order chi connectivity index (χ0) is 23.4. The van der Waals surface area contributed by atoms with Gasteiger partial charge < -0.3 is 9.47 Å². The summed E-state index contributed by atoms with van der Waals surface area (Å²) < 4.78 is 12.0. The van der Waals surface area contributed by atoms with Crippen LogP contribution in [0.15, 0.2) is 71.6 Å². The van der Waals surface area contributed by atoms with Crippen LogP contribution >= 0.6 is 35.6 Å². The fraction of sp³-hybridized carbons (Fsp3) is 0.154. The maximum absolute atomic E-state index is 13.0. The number of carbonyl (C=O) groups is 1. The summed E-state index contributed by atoms with van der Waals surface area (Å²) in [5.41, 5.74) is 3.96. The molecule has 0 radical (unpaired) electrons. The van der Waals surface area contributed by atoms with Crippen molar-refractivity contribution in [2.75, 3.05) is 7.11 Å². The van der Waals surface area contributed by atoms with Crippen LogP contribution in [0.25, 0.3) is 6.08 Å². The van der Waals surface area contributed by atoms with E-state index < -0.39 is 0 Å². The maximum atomic E-state index is 13.0. The first-order valence-electron chi connectivity index (χ1n) is 10.3. The van der Waals surface area contributed by atoms with Crippen molar-refractivity contribution in [2.45, 2.75) is 20.1 Å². The molecule has 1 heterocycles. The van der Waals surface area contributed by atoms with Gasteiger partial charge in [0.1, 0.15) is 10.9 Å². The van der Waals surface area contributed by atoms with Gasteiger partial charge in [-0.15, -0.1) is 0 Å².